The predicted octanol–water partition coefficient (Wildman–Crippen LogP) is 5.17. The van der Waals surface area contributed by atoms with Crippen molar-refractivity contribution in [3.63, 3.8) is 0 Å². The van der Waals surface area contributed by atoms with Crippen molar-refractivity contribution in [3.05, 3.63) is 72.7 Å². The molecule has 2 heterocycles. The number of rotatable bonds is 0. The third-order valence-corrected chi connectivity index (χ3v) is 2.91. The summed E-state index contributed by atoms with van der Waals surface area (Å²) in [4.78, 5) is 0. The van der Waals surface area contributed by atoms with Gasteiger partial charge in [-0.25, -0.2) is 0 Å². The first kappa shape index (κ1) is 11.6. The third kappa shape index (κ3) is 2.52. The molecule has 0 bridgehead atoms. The molecule has 0 spiro atoms. The Morgan fingerprint density at radius 2 is 1.42 bits per heavy atom. The van der Waals surface area contributed by atoms with Crippen LogP contribution in [0.5, 0.6) is 0 Å². The molecule has 19 heavy (non-hydrogen) atoms. The lowest BCUT2D eigenvalue weighted by molar-refractivity contribution is 0.578. The Morgan fingerprint density at radius 1 is 0.737 bits per heavy atom. The fraction of sp³-hybridized carbons (Fsp3) is 0.0588. The van der Waals surface area contributed by atoms with Gasteiger partial charge in [0.25, 0.3) is 0 Å². The first-order valence-corrected chi connectivity index (χ1v) is 6.20. The number of hydrogen-bond acceptors (Lipinski definition) is 2. The van der Waals surface area contributed by atoms with Gasteiger partial charge in [-0.3, -0.25) is 0 Å². The first-order valence-electron chi connectivity index (χ1n) is 6.20. The molecule has 4 aromatic rings. The lowest BCUT2D eigenvalue weighted by atomic mass is 10.2. The van der Waals surface area contributed by atoms with Crippen molar-refractivity contribution in [3.8, 4) is 0 Å². The lowest BCUT2D eigenvalue weighted by Crippen LogP contribution is -1.57. The summed E-state index contributed by atoms with van der Waals surface area (Å²) in [6, 6.07) is 19.9. The van der Waals surface area contributed by atoms with Crippen LogP contribution in [0.1, 0.15) is 5.76 Å². The highest BCUT2D eigenvalue weighted by atomic mass is 16.3. The van der Waals surface area contributed by atoms with Crippen molar-refractivity contribution in [1.29, 1.82) is 0 Å². The molecule has 0 unspecified atom stereocenters. The average Bonchev–Trinajstić information content (AvgIpc) is 3.03. The van der Waals surface area contributed by atoms with Gasteiger partial charge in [0.2, 0.25) is 0 Å². The fourth-order valence-corrected chi connectivity index (χ4v) is 2.02. The van der Waals surface area contributed by atoms with Gasteiger partial charge in [0.15, 0.2) is 0 Å². The van der Waals surface area contributed by atoms with Crippen LogP contribution in [-0.4, -0.2) is 0 Å². The van der Waals surface area contributed by atoms with E-state index in [-0.39, 0.29) is 0 Å². The highest BCUT2D eigenvalue weighted by molar-refractivity contribution is 5.77. The molecule has 0 saturated carbocycles. The molecule has 0 aliphatic heterocycles. The van der Waals surface area contributed by atoms with E-state index < -0.39 is 0 Å². The van der Waals surface area contributed by atoms with Gasteiger partial charge in [0.05, 0.1) is 6.26 Å². The maximum atomic E-state index is 5.37. The minimum Gasteiger partial charge on any atom is -0.464 e. The zero-order valence-electron chi connectivity index (χ0n) is 10.7. The smallest absolute Gasteiger partial charge is 0.134 e. The third-order valence-electron chi connectivity index (χ3n) is 2.91. The second-order valence-corrected chi connectivity index (χ2v) is 4.35. The van der Waals surface area contributed by atoms with Crippen molar-refractivity contribution in [2.45, 2.75) is 6.92 Å². The van der Waals surface area contributed by atoms with E-state index in [0.717, 1.165) is 22.3 Å². The molecule has 0 aliphatic rings. The highest BCUT2D eigenvalue weighted by Crippen LogP contribution is 2.17. The summed E-state index contributed by atoms with van der Waals surface area (Å²) >= 11 is 0. The van der Waals surface area contributed by atoms with Gasteiger partial charge >= 0.3 is 0 Å². The Kier molecular flexibility index (Phi) is 3.07. The number of benzene rings is 2. The SMILES string of the molecule is Cc1cc2ccccc2o1.c1ccc2occc2c1. The number of fused-ring (bicyclic) bond motifs is 2. The van der Waals surface area contributed by atoms with Crippen molar-refractivity contribution < 1.29 is 8.83 Å². The highest BCUT2D eigenvalue weighted by Gasteiger charge is 1.95. The molecule has 0 aliphatic carbocycles. The second-order valence-electron chi connectivity index (χ2n) is 4.35. The minimum absolute atomic E-state index is 0.956. The van der Waals surface area contributed by atoms with E-state index >= 15 is 0 Å². The van der Waals surface area contributed by atoms with Crippen LogP contribution in [0.25, 0.3) is 21.9 Å². The molecule has 0 radical (unpaired) electrons. The van der Waals surface area contributed by atoms with E-state index in [4.69, 9.17) is 8.83 Å². The van der Waals surface area contributed by atoms with Crippen molar-refractivity contribution in [1.82, 2.24) is 0 Å². The quantitative estimate of drug-likeness (QED) is 0.430. The van der Waals surface area contributed by atoms with Gasteiger partial charge in [0.1, 0.15) is 16.9 Å². The van der Waals surface area contributed by atoms with Crippen molar-refractivity contribution in [2.75, 3.05) is 0 Å². The van der Waals surface area contributed by atoms with Gasteiger partial charge in [-0.15, -0.1) is 0 Å². The molecule has 94 valence electrons. The number of furan rings is 2. The number of hydrogen-bond donors (Lipinski definition) is 0. The monoisotopic (exact) mass is 250 g/mol. The largest absolute Gasteiger partial charge is 0.464 e. The van der Waals surface area contributed by atoms with Crippen molar-refractivity contribution in [2.24, 2.45) is 0 Å². The molecule has 0 fully saturated rings. The Labute approximate surface area is 111 Å². The summed E-state index contributed by atoms with van der Waals surface area (Å²) in [5, 5.41) is 2.34. The summed E-state index contributed by atoms with van der Waals surface area (Å²) in [6.45, 7) is 1.96. The summed E-state index contributed by atoms with van der Waals surface area (Å²) in [5.41, 5.74) is 1.93. The molecule has 2 aromatic heterocycles. The molecule has 2 nitrogen and oxygen atoms in total. The van der Waals surface area contributed by atoms with Crippen LogP contribution < -0.4 is 0 Å². The zero-order valence-corrected chi connectivity index (χ0v) is 10.7. The number of aryl methyl sites for hydroxylation is 1. The van der Waals surface area contributed by atoms with Gasteiger partial charge in [-0.2, -0.15) is 0 Å². The van der Waals surface area contributed by atoms with Crippen LogP contribution in [0.2, 0.25) is 0 Å². The molecule has 2 aromatic carbocycles. The molecule has 0 saturated heterocycles. The normalized spacial score (nSPS) is 10.4. The molecule has 2 heteroatoms. The zero-order chi connectivity index (χ0) is 13.1. The van der Waals surface area contributed by atoms with Gasteiger partial charge in [-0.05, 0) is 31.2 Å². The van der Waals surface area contributed by atoms with Gasteiger partial charge in [-0.1, -0.05) is 36.4 Å². The average molecular weight is 250 g/mol. The molecule has 0 atom stereocenters. The Morgan fingerprint density at radius 3 is 2.16 bits per heavy atom. The Balaban J connectivity index is 0.000000117. The molecule has 4 rings (SSSR count). The maximum Gasteiger partial charge on any atom is 0.134 e. The fourth-order valence-electron chi connectivity index (χ4n) is 2.02. The minimum atomic E-state index is 0.956. The second kappa shape index (κ2) is 5.02. The van der Waals surface area contributed by atoms with Crippen LogP contribution >= 0.6 is 0 Å². The predicted molar refractivity (Wildman–Crippen MR) is 77.2 cm³/mol. The summed E-state index contributed by atoms with van der Waals surface area (Å²) in [6.07, 6.45) is 1.70. The topological polar surface area (TPSA) is 26.3 Å². The van der Waals surface area contributed by atoms with Crippen molar-refractivity contribution >= 4 is 21.9 Å². The summed E-state index contributed by atoms with van der Waals surface area (Å²) < 4.78 is 10.5. The Bertz CT molecular complexity index is 730. The van der Waals surface area contributed by atoms with Crippen LogP contribution in [0.4, 0.5) is 0 Å². The molecular formula is C17H14O2. The van der Waals surface area contributed by atoms with E-state index in [1.54, 1.807) is 6.26 Å². The van der Waals surface area contributed by atoms with Crippen LogP contribution in [0.15, 0.2) is 75.8 Å². The Hall–Kier alpha value is -2.48. The summed E-state index contributed by atoms with van der Waals surface area (Å²) in [7, 11) is 0. The van der Waals surface area contributed by atoms with Crippen LogP contribution in [0.3, 0.4) is 0 Å². The maximum absolute atomic E-state index is 5.37. The standard InChI is InChI=1S/C9H8O.C8H6O/c1-7-6-8-4-2-3-5-9(8)10-7;1-2-4-8-7(3-1)5-6-9-8/h2-6H,1H3;1-6H. The van der Waals surface area contributed by atoms with E-state index in [2.05, 4.69) is 0 Å². The summed E-state index contributed by atoms with van der Waals surface area (Å²) in [5.74, 6) is 0.973. The molecular weight excluding hydrogens is 236 g/mol. The van der Waals surface area contributed by atoms with Gasteiger partial charge in [0, 0.05) is 10.8 Å². The molecule has 0 amide bonds. The van der Waals surface area contributed by atoms with Crippen LogP contribution in [-0.2, 0) is 0 Å². The first-order chi connectivity index (χ1) is 9.33. The van der Waals surface area contributed by atoms with E-state index in [1.165, 1.54) is 5.39 Å². The van der Waals surface area contributed by atoms with Gasteiger partial charge < -0.3 is 8.83 Å². The lowest BCUT2D eigenvalue weighted by Gasteiger charge is -1.82. The van der Waals surface area contributed by atoms with E-state index in [0.29, 0.717) is 0 Å². The molecule has 0 N–H and O–H groups in total. The van der Waals surface area contributed by atoms with E-state index in [9.17, 15) is 0 Å². The number of para-hydroxylation sites is 2. The van der Waals surface area contributed by atoms with Crippen LogP contribution in [0, 0.1) is 6.92 Å². The van der Waals surface area contributed by atoms with E-state index in [1.807, 2.05) is 67.6 Å².